The summed E-state index contributed by atoms with van der Waals surface area (Å²) in [5, 5.41) is 0. The van der Waals surface area contributed by atoms with Crippen molar-refractivity contribution in [2.45, 2.75) is 39.5 Å². The Labute approximate surface area is 181 Å². The lowest BCUT2D eigenvalue weighted by Gasteiger charge is -2.32. The van der Waals surface area contributed by atoms with Gasteiger partial charge in [0.15, 0.2) is 0 Å². The summed E-state index contributed by atoms with van der Waals surface area (Å²) in [5.74, 6) is 0.227. The third-order valence-corrected chi connectivity index (χ3v) is 6.57. The molecule has 0 aliphatic heterocycles. The maximum Gasteiger partial charge on any atom is 0.0390 e. The monoisotopic (exact) mass is 396 g/mol. The Morgan fingerprint density at radius 1 is 0.933 bits per heavy atom. The van der Waals surface area contributed by atoms with Gasteiger partial charge >= 0.3 is 0 Å². The number of nitrogen functional groups attached to an aromatic ring is 1. The van der Waals surface area contributed by atoms with Crippen LogP contribution < -0.4 is 10.6 Å². The molecule has 2 heteroatoms. The highest BCUT2D eigenvalue weighted by Crippen LogP contribution is 2.44. The zero-order chi connectivity index (χ0) is 21.3. The van der Waals surface area contributed by atoms with Crippen LogP contribution in [-0.4, -0.2) is 13.1 Å². The standard InChI is InChI=1S/C28H32N2/c1-5-19-11-9-10-12-24(19)28-25-14-13-23(30(7-3)8-4)16-21(25)15-22-18-27(29)20(6-2)17-26(22)28/h6,9-14,16-18,28H,2,5,7-8,15,29H2,1,3-4H3. The molecule has 0 radical (unpaired) electrons. The fraction of sp³-hybridized carbons (Fsp3) is 0.286. The van der Waals surface area contributed by atoms with Crippen LogP contribution in [0.15, 0.2) is 61.2 Å². The van der Waals surface area contributed by atoms with Gasteiger partial charge in [-0.3, -0.25) is 0 Å². The quantitative estimate of drug-likeness (QED) is 0.382. The Morgan fingerprint density at radius 3 is 2.37 bits per heavy atom. The van der Waals surface area contributed by atoms with Crippen molar-refractivity contribution in [2.24, 2.45) is 0 Å². The summed E-state index contributed by atoms with van der Waals surface area (Å²) in [4.78, 5) is 2.42. The maximum atomic E-state index is 6.36. The topological polar surface area (TPSA) is 29.3 Å². The fourth-order valence-electron chi connectivity index (χ4n) is 4.95. The SMILES string of the molecule is C=Cc1cc2c(cc1N)Cc1cc(N(CC)CC)ccc1C2c1ccccc1CC. The second-order valence-electron chi connectivity index (χ2n) is 8.10. The average Bonchev–Trinajstić information content (AvgIpc) is 2.77. The molecule has 1 unspecified atom stereocenters. The van der Waals surface area contributed by atoms with Gasteiger partial charge in [-0.15, -0.1) is 0 Å². The predicted octanol–water partition coefficient (Wildman–Crippen LogP) is 6.40. The Balaban J connectivity index is 1.95. The third kappa shape index (κ3) is 3.41. The first-order chi connectivity index (χ1) is 14.6. The Kier molecular flexibility index (Phi) is 5.67. The van der Waals surface area contributed by atoms with E-state index in [0.29, 0.717) is 0 Å². The van der Waals surface area contributed by atoms with Crippen molar-refractivity contribution in [3.63, 3.8) is 0 Å². The summed E-state index contributed by atoms with van der Waals surface area (Å²) in [6, 6.07) is 20.3. The van der Waals surface area contributed by atoms with E-state index in [-0.39, 0.29) is 5.92 Å². The zero-order valence-corrected chi connectivity index (χ0v) is 18.4. The number of nitrogens with two attached hydrogens (primary N) is 1. The summed E-state index contributed by atoms with van der Waals surface area (Å²) in [5.41, 5.74) is 17.8. The van der Waals surface area contributed by atoms with Crippen molar-refractivity contribution < 1.29 is 0 Å². The maximum absolute atomic E-state index is 6.36. The molecule has 2 N–H and O–H groups in total. The first-order valence-electron chi connectivity index (χ1n) is 11.1. The number of nitrogens with zero attached hydrogens (tertiary/aromatic N) is 1. The van der Waals surface area contributed by atoms with Crippen LogP contribution in [-0.2, 0) is 12.8 Å². The summed E-state index contributed by atoms with van der Waals surface area (Å²) in [6.45, 7) is 12.7. The summed E-state index contributed by atoms with van der Waals surface area (Å²) >= 11 is 0. The molecule has 1 atom stereocenters. The lowest BCUT2D eigenvalue weighted by molar-refractivity contribution is 0.846. The van der Waals surface area contributed by atoms with Gasteiger partial charge in [0.05, 0.1) is 0 Å². The molecular formula is C28H32N2. The number of rotatable bonds is 6. The van der Waals surface area contributed by atoms with Gasteiger partial charge in [0.2, 0.25) is 0 Å². The number of benzene rings is 3. The second-order valence-corrected chi connectivity index (χ2v) is 8.10. The molecule has 2 nitrogen and oxygen atoms in total. The van der Waals surface area contributed by atoms with E-state index in [9.17, 15) is 0 Å². The molecule has 3 aromatic rings. The largest absolute Gasteiger partial charge is 0.398 e. The van der Waals surface area contributed by atoms with E-state index in [0.717, 1.165) is 37.2 Å². The van der Waals surface area contributed by atoms with Gasteiger partial charge in [0.25, 0.3) is 0 Å². The highest BCUT2D eigenvalue weighted by molar-refractivity contribution is 5.70. The van der Waals surface area contributed by atoms with E-state index in [1.165, 1.54) is 39.1 Å². The van der Waals surface area contributed by atoms with Gasteiger partial charge in [0, 0.05) is 30.4 Å². The lowest BCUT2D eigenvalue weighted by atomic mass is 9.73. The van der Waals surface area contributed by atoms with Crippen LogP contribution in [0.2, 0.25) is 0 Å². The predicted molar refractivity (Wildman–Crippen MR) is 131 cm³/mol. The molecular weight excluding hydrogens is 364 g/mol. The van der Waals surface area contributed by atoms with Crippen molar-refractivity contribution in [1.82, 2.24) is 0 Å². The van der Waals surface area contributed by atoms with Gasteiger partial charge in [-0.2, -0.15) is 0 Å². The summed E-state index contributed by atoms with van der Waals surface area (Å²) in [6.07, 6.45) is 3.82. The highest BCUT2D eigenvalue weighted by atomic mass is 15.1. The van der Waals surface area contributed by atoms with Crippen molar-refractivity contribution >= 4 is 17.5 Å². The highest BCUT2D eigenvalue weighted by Gasteiger charge is 2.29. The Bertz CT molecular complexity index is 1080. The number of hydrogen-bond donors (Lipinski definition) is 1. The van der Waals surface area contributed by atoms with E-state index in [4.69, 9.17) is 5.73 Å². The first-order valence-corrected chi connectivity index (χ1v) is 11.1. The van der Waals surface area contributed by atoms with E-state index in [1.54, 1.807) is 0 Å². The zero-order valence-electron chi connectivity index (χ0n) is 18.4. The molecule has 4 rings (SSSR count). The molecule has 0 heterocycles. The molecule has 3 aromatic carbocycles. The Hall–Kier alpha value is -3.00. The van der Waals surface area contributed by atoms with E-state index < -0.39 is 0 Å². The third-order valence-electron chi connectivity index (χ3n) is 6.57. The minimum Gasteiger partial charge on any atom is -0.398 e. The molecule has 30 heavy (non-hydrogen) atoms. The number of fused-ring (bicyclic) bond motifs is 2. The van der Waals surface area contributed by atoms with Gasteiger partial charge < -0.3 is 10.6 Å². The average molecular weight is 397 g/mol. The van der Waals surface area contributed by atoms with Crippen molar-refractivity contribution in [1.29, 1.82) is 0 Å². The smallest absolute Gasteiger partial charge is 0.0390 e. The van der Waals surface area contributed by atoms with Gasteiger partial charge in [-0.25, -0.2) is 0 Å². The van der Waals surface area contributed by atoms with Crippen LogP contribution in [0, 0.1) is 0 Å². The van der Waals surface area contributed by atoms with Gasteiger partial charge in [0.1, 0.15) is 0 Å². The molecule has 1 aliphatic carbocycles. The van der Waals surface area contributed by atoms with E-state index >= 15 is 0 Å². The Morgan fingerprint density at radius 2 is 1.67 bits per heavy atom. The van der Waals surface area contributed by atoms with Crippen LogP contribution in [0.25, 0.3) is 6.08 Å². The van der Waals surface area contributed by atoms with Crippen LogP contribution >= 0.6 is 0 Å². The molecule has 0 spiro atoms. The van der Waals surface area contributed by atoms with Crippen molar-refractivity contribution in [3.8, 4) is 0 Å². The summed E-state index contributed by atoms with van der Waals surface area (Å²) < 4.78 is 0. The molecule has 0 amide bonds. The van der Waals surface area contributed by atoms with Crippen molar-refractivity contribution in [3.05, 3.63) is 100 Å². The van der Waals surface area contributed by atoms with E-state index in [2.05, 4.69) is 86.8 Å². The molecule has 0 bridgehead atoms. The fourth-order valence-corrected chi connectivity index (χ4v) is 4.95. The summed E-state index contributed by atoms with van der Waals surface area (Å²) in [7, 11) is 0. The van der Waals surface area contributed by atoms with Gasteiger partial charge in [-0.05, 0) is 89.9 Å². The number of anilines is 2. The first kappa shape index (κ1) is 20.3. The van der Waals surface area contributed by atoms with Crippen LogP contribution in [0.3, 0.4) is 0 Å². The minimum atomic E-state index is 0.227. The van der Waals surface area contributed by atoms with Crippen LogP contribution in [0.5, 0.6) is 0 Å². The van der Waals surface area contributed by atoms with Crippen LogP contribution in [0.1, 0.15) is 65.6 Å². The molecule has 0 saturated heterocycles. The van der Waals surface area contributed by atoms with Crippen molar-refractivity contribution in [2.75, 3.05) is 23.7 Å². The number of hydrogen-bond acceptors (Lipinski definition) is 2. The molecule has 0 saturated carbocycles. The molecule has 154 valence electrons. The lowest BCUT2D eigenvalue weighted by Crippen LogP contribution is -2.23. The molecule has 1 aliphatic rings. The van der Waals surface area contributed by atoms with Gasteiger partial charge in [-0.1, -0.05) is 49.9 Å². The van der Waals surface area contributed by atoms with Crippen LogP contribution in [0.4, 0.5) is 11.4 Å². The molecule has 0 fully saturated rings. The van der Waals surface area contributed by atoms with E-state index in [1.807, 2.05) is 6.08 Å². The second kappa shape index (κ2) is 8.39. The minimum absolute atomic E-state index is 0.227. The molecule has 0 aromatic heterocycles. The number of aryl methyl sites for hydroxylation is 1. The normalized spacial score (nSPS) is 14.7.